The Bertz CT molecular complexity index is 1020. The molecule has 0 unspecified atom stereocenters. The average molecular weight is 410 g/mol. The molecule has 5 nitrogen and oxygen atoms in total. The van der Waals surface area contributed by atoms with Crippen LogP contribution < -0.4 is 16.2 Å². The Labute approximate surface area is 172 Å². The monoisotopic (exact) mass is 409 g/mol. The van der Waals surface area contributed by atoms with Crippen molar-refractivity contribution in [1.29, 1.82) is 0 Å². The van der Waals surface area contributed by atoms with Gasteiger partial charge in [0.15, 0.2) is 10.9 Å². The molecule has 0 aliphatic heterocycles. The second-order valence-electron chi connectivity index (χ2n) is 5.78. The topological polar surface area (TPSA) is 70.2 Å². The lowest BCUT2D eigenvalue weighted by Gasteiger charge is -2.13. The molecule has 3 rings (SSSR count). The number of amides is 1. The predicted octanol–water partition coefficient (Wildman–Crippen LogP) is 4.20. The molecule has 0 bridgehead atoms. The van der Waals surface area contributed by atoms with Gasteiger partial charge in [-0.3, -0.25) is 20.4 Å². The lowest BCUT2D eigenvalue weighted by molar-refractivity contribution is 0.0933. The van der Waals surface area contributed by atoms with Crippen LogP contribution in [0.3, 0.4) is 0 Å². The van der Waals surface area contributed by atoms with E-state index in [1.54, 1.807) is 72.8 Å². The Balaban J connectivity index is 1.68. The smallest absolute Gasteiger partial charge is 0.270 e. The van der Waals surface area contributed by atoms with Gasteiger partial charge in [0, 0.05) is 21.8 Å². The number of carbonyl (C=O) groups excluding carboxylic acids is 2. The highest BCUT2D eigenvalue weighted by Gasteiger charge is 2.17. The summed E-state index contributed by atoms with van der Waals surface area (Å²) in [5.74, 6) is -0.707. The number of thiocarbonyl (C=S) groups is 1. The lowest BCUT2D eigenvalue weighted by Crippen LogP contribution is -2.44. The molecule has 140 valence electrons. The van der Waals surface area contributed by atoms with Gasteiger partial charge in [-0.05, 0) is 36.5 Å². The minimum Gasteiger partial charge on any atom is -0.331 e. The molecule has 3 aromatic rings. The summed E-state index contributed by atoms with van der Waals surface area (Å²) in [5.41, 5.74) is 6.86. The van der Waals surface area contributed by atoms with Crippen LogP contribution in [0.2, 0.25) is 5.02 Å². The van der Waals surface area contributed by atoms with Crippen molar-refractivity contribution in [1.82, 2.24) is 10.9 Å². The molecular formula is C21H16ClN3O2S. The Kier molecular flexibility index (Phi) is 6.37. The highest BCUT2D eigenvalue weighted by molar-refractivity contribution is 7.80. The summed E-state index contributed by atoms with van der Waals surface area (Å²) >= 11 is 11.1. The number of hydrazine groups is 1. The molecule has 3 N–H and O–H groups in total. The zero-order chi connectivity index (χ0) is 19.9. The average Bonchev–Trinajstić information content (AvgIpc) is 2.72. The third kappa shape index (κ3) is 4.94. The number of ketones is 1. The van der Waals surface area contributed by atoms with Gasteiger partial charge in [-0.25, -0.2) is 0 Å². The molecule has 0 heterocycles. The number of anilines is 1. The highest BCUT2D eigenvalue weighted by Crippen LogP contribution is 2.16. The van der Waals surface area contributed by atoms with Crippen molar-refractivity contribution >= 4 is 46.3 Å². The number of rotatable bonds is 4. The van der Waals surface area contributed by atoms with E-state index in [-0.39, 0.29) is 16.5 Å². The van der Waals surface area contributed by atoms with Gasteiger partial charge >= 0.3 is 0 Å². The second kappa shape index (κ2) is 9.12. The molecule has 7 heteroatoms. The zero-order valence-electron chi connectivity index (χ0n) is 14.6. The minimum absolute atomic E-state index is 0.183. The molecule has 0 spiro atoms. The summed E-state index contributed by atoms with van der Waals surface area (Å²) in [6.07, 6.45) is 0. The molecule has 0 aromatic heterocycles. The van der Waals surface area contributed by atoms with Gasteiger partial charge in [-0.1, -0.05) is 66.2 Å². The van der Waals surface area contributed by atoms with Crippen LogP contribution in [-0.4, -0.2) is 16.8 Å². The zero-order valence-corrected chi connectivity index (χ0v) is 16.2. The molecule has 3 aromatic carbocycles. The molecule has 0 fully saturated rings. The highest BCUT2D eigenvalue weighted by atomic mass is 35.5. The van der Waals surface area contributed by atoms with Crippen molar-refractivity contribution in [3.63, 3.8) is 0 Å². The Morgan fingerprint density at radius 2 is 1.46 bits per heavy atom. The molecule has 1 amide bonds. The first-order valence-corrected chi connectivity index (χ1v) is 9.15. The SMILES string of the molecule is O=C(NNC(=S)Nc1cccc(Cl)c1)c1ccccc1C(=O)c1ccccc1. The third-order valence-electron chi connectivity index (χ3n) is 3.82. The van der Waals surface area contributed by atoms with Crippen LogP contribution in [0.1, 0.15) is 26.3 Å². The Morgan fingerprint density at radius 1 is 0.786 bits per heavy atom. The number of carbonyl (C=O) groups is 2. The number of nitrogens with one attached hydrogen (secondary N) is 3. The van der Waals surface area contributed by atoms with Gasteiger partial charge in [0.1, 0.15) is 0 Å². The maximum atomic E-state index is 12.7. The van der Waals surface area contributed by atoms with Gasteiger partial charge in [-0.2, -0.15) is 0 Å². The van der Waals surface area contributed by atoms with E-state index in [1.807, 2.05) is 6.07 Å². The van der Waals surface area contributed by atoms with Crippen LogP contribution in [0, 0.1) is 0 Å². The molecular weight excluding hydrogens is 394 g/mol. The van der Waals surface area contributed by atoms with Gasteiger partial charge < -0.3 is 5.32 Å². The number of hydrogen-bond acceptors (Lipinski definition) is 3. The van der Waals surface area contributed by atoms with Gasteiger partial charge in [0.25, 0.3) is 5.91 Å². The van der Waals surface area contributed by atoms with Crippen molar-refractivity contribution in [2.45, 2.75) is 0 Å². The molecule has 0 atom stereocenters. The summed E-state index contributed by atoms with van der Waals surface area (Å²) in [5, 5.41) is 3.65. The minimum atomic E-state index is -0.477. The predicted molar refractivity (Wildman–Crippen MR) is 115 cm³/mol. The first kappa shape index (κ1) is 19.5. The summed E-state index contributed by atoms with van der Waals surface area (Å²) in [4.78, 5) is 25.3. The van der Waals surface area contributed by atoms with Gasteiger partial charge in [0.05, 0.1) is 5.56 Å². The fourth-order valence-electron chi connectivity index (χ4n) is 2.53. The quantitative estimate of drug-likeness (QED) is 0.342. The van der Waals surface area contributed by atoms with Crippen molar-refractivity contribution in [3.8, 4) is 0 Å². The first-order chi connectivity index (χ1) is 13.5. The fourth-order valence-corrected chi connectivity index (χ4v) is 2.89. The number of hydrogen-bond donors (Lipinski definition) is 3. The fraction of sp³-hybridized carbons (Fsp3) is 0. The summed E-state index contributed by atoms with van der Waals surface area (Å²) < 4.78 is 0. The van der Waals surface area contributed by atoms with Crippen molar-refractivity contribution in [2.24, 2.45) is 0 Å². The normalized spacial score (nSPS) is 10.0. The van der Waals surface area contributed by atoms with Gasteiger partial charge in [0.2, 0.25) is 0 Å². The first-order valence-electron chi connectivity index (χ1n) is 8.36. The standard InChI is InChI=1S/C21H16ClN3O2S/c22-15-9-6-10-16(13-15)23-21(28)25-24-20(27)18-12-5-4-11-17(18)19(26)14-7-2-1-3-8-14/h1-13H,(H,24,27)(H2,23,25,28). The number of benzene rings is 3. The lowest BCUT2D eigenvalue weighted by atomic mass is 9.98. The van der Waals surface area contributed by atoms with Crippen LogP contribution in [0.4, 0.5) is 5.69 Å². The van der Waals surface area contributed by atoms with E-state index in [2.05, 4.69) is 16.2 Å². The van der Waals surface area contributed by atoms with E-state index in [0.717, 1.165) is 0 Å². The molecule has 0 radical (unpaired) electrons. The van der Waals surface area contributed by atoms with Crippen LogP contribution in [0.15, 0.2) is 78.9 Å². The van der Waals surface area contributed by atoms with Crippen molar-refractivity contribution in [2.75, 3.05) is 5.32 Å². The maximum Gasteiger partial charge on any atom is 0.270 e. The third-order valence-corrected chi connectivity index (χ3v) is 4.26. The van der Waals surface area contributed by atoms with Crippen LogP contribution in [0.5, 0.6) is 0 Å². The van der Waals surface area contributed by atoms with E-state index < -0.39 is 5.91 Å². The van der Waals surface area contributed by atoms with E-state index in [1.165, 1.54) is 0 Å². The summed E-state index contributed by atoms with van der Waals surface area (Å²) in [6, 6.07) is 22.4. The molecule has 0 aliphatic carbocycles. The summed E-state index contributed by atoms with van der Waals surface area (Å²) in [6.45, 7) is 0. The van der Waals surface area contributed by atoms with Crippen LogP contribution in [-0.2, 0) is 0 Å². The van der Waals surface area contributed by atoms with Crippen molar-refractivity contribution in [3.05, 3.63) is 101 Å². The maximum absolute atomic E-state index is 12.7. The molecule has 0 saturated heterocycles. The second-order valence-corrected chi connectivity index (χ2v) is 6.63. The largest absolute Gasteiger partial charge is 0.331 e. The molecule has 0 saturated carbocycles. The molecule has 0 aliphatic rings. The van der Waals surface area contributed by atoms with Crippen molar-refractivity contribution < 1.29 is 9.59 Å². The van der Waals surface area contributed by atoms with Crippen LogP contribution >= 0.6 is 23.8 Å². The number of halogens is 1. The molecule has 28 heavy (non-hydrogen) atoms. The van der Waals surface area contributed by atoms with E-state index in [0.29, 0.717) is 21.8 Å². The van der Waals surface area contributed by atoms with E-state index in [9.17, 15) is 9.59 Å². The summed E-state index contributed by atoms with van der Waals surface area (Å²) in [7, 11) is 0. The Hall–Kier alpha value is -3.22. The van der Waals surface area contributed by atoms with Gasteiger partial charge in [-0.15, -0.1) is 0 Å². The Morgan fingerprint density at radius 3 is 2.18 bits per heavy atom. The van der Waals surface area contributed by atoms with E-state index >= 15 is 0 Å². The van der Waals surface area contributed by atoms with Crippen LogP contribution in [0.25, 0.3) is 0 Å². The van der Waals surface area contributed by atoms with E-state index in [4.69, 9.17) is 23.8 Å².